The van der Waals surface area contributed by atoms with Crippen LogP contribution in [0.1, 0.15) is 18.3 Å². The average molecular weight is 304 g/mol. The summed E-state index contributed by atoms with van der Waals surface area (Å²) >= 11 is 0. The summed E-state index contributed by atoms with van der Waals surface area (Å²) < 4.78 is 7.81. The molecule has 0 atom stereocenters. The predicted octanol–water partition coefficient (Wildman–Crippen LogP) is 4.94. The Labute approximate surface area is 136 Å². The highest BCUT2D eigenvalue weighted by Gasteiger charge is 2.06. The second-order valence-electron chi connectivity index (χ2n) is 5.23. The summed E-state index contributed by atoms with van der Waals surface area (Å²) in [4.78, 5) is 4.62. The molecule has 0 aliphatic carbocycles. The van der Waals surface area contributed by atoms with Crippen molar-refractivity contribution in [3.05, 3.63) is 78.1 Å². The lowest BCUT2D eigenvalue weighted by Crippen LogP contribution is -2.01. The largest absolute Gasteiger partial charge is 0.492 e. The van der Waals surface area contributed by atoms with Gasteiger partial charge in [0.15, 0.2) is 0 Å². The highest BCUT2D eigenvalue weighted by atomic mass is 16.5. The maximum Gasteiger partial charge on any atom is 0.144 e. The number of aliphatic imine (C=N–C) groups is 1. The zero-order chi connectivity index (χ0) is 16.1. The third-order valence-electron chi connectivity index (χ3n) is 3.62. The summed E-state index contributed by atoms with van der Waals surface area (Å²) in [6, 6.07) is 22.3. The van der Waals surface area contributed by atoms with E-state index in [9.17, 15) is 0 Å². The molecule has 3 aromatic rings. The van der Waals surface area contributed by atoms with Crippen LogP contribution in [-0.2, 0) is 0 Å². The molecule has 2 aromatic carbocycles. The number of benzene rings is 2. The highest BCUT2D eigenvalue weighted by Crippen LogP contribution is 2.27. The summed E-state index contributed by atoms with van der Waals surface area (Å²) in [6.45, 7) is 4.70. The van der Waals surface area contributed by atoms with Crippen LogP contribution in [0.2, 0.25) is 0 Å². The number of nitrogens with zero attached hydrogens (tertiary/aromatic N) is 2. The Morgan fingerprint density at radius 2 is 1.70 bits per heavy atom. The van der Waals surface area contributed by atoms with Crippen molar-refractivity contribution in [2.75, 3.05) is 6.61 Å². The SMILES string of the molecule is CCOc1ccccc1N=Cc1ccc(C)n1-c1ccccc1. The molecule has 0 radical (unpaired) electrons. The van der Waals surface area contributed by atoms with E-state index in [1.165, 1.54) is 5.69 Å². The minimum Gasteiger partial charge on any atom is -0.492 e. The van der Waals surface area contributed by atoms with E-state index in [1.807, 2.05) is 55.6 Å². The zero-order valence-electron chi connectivity index (χ0n) is 13.4. The third kappa shape index (κ3) is 3.34. The van der Waals surface area contributed by atoms with E-state index in [1.54, 1.807) is 0 Å². The molecular weight excluding hydrogens is 284 g/mol. The summed E-state index contributed by atoms with van der Waals surface area (Å²) in [5.74, 6) is 0.806. The Morgan fingerprint density at radius 3 is 2.48 bits per heavy atom. The maximum absolute atomic E-state index is 5.62. The second-order valence-corrected chi connectivity index (χ2v) is 5.23. The first kappa shape index (κ1) is 15.1. The van der Waals surface area contributed by atoms with Crippen molar-refractivity contribution in [2.24, 2.45) is 4.99 Å². The van der Waals surface area contributed by atoms with Crippen molar-refractivity contribution in [3.8, 4) is 11.4 Å². The first-order chi connectivity index (χ1) is 11.3. The Hall–Kier alpha value is -2.81. The van der Waals surface area contributed by atoms with Crippen LogP contribution in [0, 0.1) is 6.92 Å². The average Bonchev–Trinajstić information content (AvgIpc) is 2.96. The number of ether oxygens (including phenoxy) is 1. The first-order valence-electron chi connectivity index (χ1n) is 7.79. The molecule has 1 heterocycles. The fourth-order valence-corrected chi connectivity index (χ4v) is 2.57. The van der Waals surface area contributed by atoms with Gasteiger partial charge in [-0.15, -0.1) is 0 Å². The minimum absolute atomic E-state index is 0.631. The van der Waals surface area contributed by atoms with Crippen LogP contribution < -0.4 is 4.74 Å². The molecule has 0 spiro atoms. The van der Waals surface area contributed by atoms with Crippen LogP contribution in [0.5, 0.6) is 5.75 Å². The number of hydrogen-bond donors (Lipinski definition) is 0. The van der Waals surface area contributed by atoms with Crippen LogP contribution in [0.25, 0.3) is 5.69 Å². The number of para-hydroxylation sites is 3. The van der Waals surface area contributed by atoms with Crippen LogP contribution in [-0.4, -0.2) is 17.4 Å². The highest BCUT2D eigenvalue weighted by molar-refractivity contribution is 5.82. The molecule has 3 heteroatoms. The van der Waals surface area contributed by atoms with Crippen molar-refractivity contribution in [1.82, 2.24) is 4.57 Å². The molecule has 0 aliphatic rings. The smallest absolute Gasteiger partial charge is 0.144 e. The standard InChI is InChI=1S/C20H20N2O/c1-3-23-20-12-8-7-11-19(20)21-15-18-14-13-16(2)22(18)17-9-5-4-6-10-17/h4-15H,3H2,1-2H3. The fraction of sp³-hybridized carbons (Fsp3) is 0.150. The molecule has 0 fully saturated rings. The van der Waals surface area contributed by atoms with Gasteiger partial charge < -0.3 is 9.30 Å². The minimum atomic E-state index is 0.631. The first-order valence-corrected chi connectivity index (χ1v) is 7.79. The summed E-state index contributed by atoms with van der Waals surface area (Å²) in [6.07, 6.45) is 1.89. The Morgan fingerprint density at radius 1 is 0.957 bits per heavy atom. The van der Waals surface area contributed by atoms with Crippen molar-refractivity contribution < 1.29 is 4.74 Å². The molecule has 3 nitrogen and oxygen atoms in total. The molecular formula is C20H20N2O. The van der Waals surface area contributed by atoms with Crippen LogP contribution in [0.15, 0.2) is 71.7 Å². The number of rotatable bonds is 5. The van der Waals surface area contributed by atoms with E-state index in [0.717, 1.165) is 22.8 Å². The number of aryl methyl sites for hydroxylation is 1. The lowest BCUT2D eigenvalue weighted by Gasteiger charge is -2.09. The fourth-order valence-electron chi connectivity index (χ4n) is 2.57. The summed E-state index contributed by atoms with van der Waals surface area (Å²) in [5.41, 5.74) is 4.19. The van der Waals surface area contributed by atoms with Gasteiger partial charge in [0.2, 0.25) is 0 Å². The Balaban J connectivity index is 1.96. The quantitative estimate of drug-likeness (QED) is 0.613. The lowest BCUT2D eigenvalue weighted by atomic mass is 10.3. The van der Waals surface area contributed by atoms with Gasteiger partial charge in [0.1, 0.15) is 11.4 Å². The monoisotopic (exact) mass is 304 g/mol. The van der Waals surface area contributed by atoms with Crippen LogP contribution in [0.3, 0.4) is 0 Å². The van der Waals surface area contributed by atoms with Gasteiger partial charge in [0, 0.05) is 11.4 Å². The molecule has 1 aromatic heterocycles. The van der Waals surface area contributed by atoms with Gasteiger partial charge in [0.25, 0.3) is 0 Å². The zero-order valence-corrected chi connectivity index (χ0v) is 13.4. The molecule has 0 amide bonds. The molecule has 0 bridgehead atoms. The van der Waals surface area contributed by atoms with Crippen molar-refractivity contribution in [1.29, 1.82) is 0 Å². The van der Waals surface area contributed by atoms with Gasteiger partial charge in [-0.2, -0.15) is 0 Å². The molecule has 0 unspecified atom stereocenters. The van der Waals surface area contributed by atoms with Gasteiger partial charge in [-0.3, -0.25) is 4.99 Å². The molecule has 0 saturated heterocycles. The predicted molar refractivity (Wildman–Crippen MR) is 95.4 cm³/mol. The van der Waals surface area contributed by atoms with Gasteiger partial charge >= 0.3 is 0 Å². The molecule has 116 valence electrons. The third-order valence-corrected chi connectivity index (χ3v) is 3.62. The van der Waals surface area contributed by atoms with Gasteiger partial charge in [-0.1, -0.05) is 30.3 Å². The van der Waals surface area contributed by atoms with E-state index in [2.05, 4.69) is 40.7 Å². The van der Waals surface area contributed by atoms with E-state index in [4.69, 9.17) is 4.74 Å². The number of hydrogen-bond acceptors (Lipinski definition) is 2. The van der Waals surface area contributed by atoms with Crippen LogP contribution in [0.4, 0.5) is 5.69 Å². The second kappa shape index (κ2) is 6.97. The van der Waals surface area contributed by atoms with E-state index in [0.29, 0.717) is 6.61 Å². The van der Waals surface area contributed by atoms with E-state index >= 15 is 0 Å². The van der Waals surface area contributed by atoms with Crippen molar-refractivity contribution in [3.63, 3.8) is 0 Å². The van der Waals surface area contributed by atoms with Crippen molar-refractivity contribution in [2.45, 2.75) is 13.8 Å². The van der Waals surface area contributed by atoms with E-state index in [-0.39, 0.29) is 0 Å². The van der Waals surface area contributed by atoms with Crippen LogP contribution >= 0.6 is 0 Å². The van der Waals surface area contributed by atoms with Gasteiger partial charge in [-0.25, -0.2) is 0 Å². The summed E-state index contributed by atoms with van der Waals surface area (Å²) in [7, 11) is 0. The Bertz CT molecular complexity index is 804. The molecule has 0 aliphatic heterocycles. The summed E-state index contributed by atoms with van der Waals surface area (Å²) in [5, 5.41) is 0. The topological polar surface area (TPSA) is 26.5 Å². The molecule has 23 heavy (non-hydrogen) atoms. The molecule has 0 N–H and O–H groups in total. The lowest BCUT2D eigenvalue weighted by molar-refractivity contribution is 0.341. The van der Waals surface area contributed by atoms with Gasteiger partial charge in [-0.05, 0) is 50.2 Å². The normalized spacial score (nSPS) is 11.0. The number of aromatic nitrogens is 1. The Kier molecular flexibility index (Phi) is 4.57. The van der Waals surface area contributed by atoms with Gasteiger partial charge in [0.05, 0.1) is 18.5 Å². The molecule has 0 saturated carbocycles. The van der Waals surface area contributed by atoms with E-state index < -0.39 is 0 Å². The molecule has 3 rings (SSSR count). The van der Waals surface area contributed by atoms with Crippen molar-refractivity contribution >= 4 is 11.9 Å². The maximum atomic E-state index is 5.62.